The normalized spacial score (nSPS) is 16.6. The molecule has 5 nitrogen and oxygen atoms in total. The van der Waals surface area contributed by atoms with E-state index in [4.69, 9.17) is 9.47 Å². The van der Waals surface area contributed by atoms with Crippen LogP contribution in [0.2, 0.25) is 0 Å². The van der Waals surface area contributed by atoms with Crippen LogP contribution < -0.4 is 9.64 Å². The van der Waals surface area contributed by atoms with E-state index in [2.05, 4.69) is 0 Å². The van der Waals surface area contributed by atoms with Gasteiger partial charge in [-0.3, -0.25) is 9.69 Å². The van der Waals surface area contributed by atoms with Crippen molar-refractivity contribution in [2.24, 2.45) is 0 Å². The molecule has 0 bridgehead atoms. The molecule has 1 amide bonds. The molecule has 0 unspecified atom stereocenters. The largest absolute Gasteiger partial charge is 0.475 e. The molecule has 2 aromatic rings. The van der Waals surface area contributed by atoms with Crippen LogP contribution in [0, 0.1) is 6.92 Å². The number of hydrogen-bond donors (Lipinski definition) is 0. The van der Waals surface area contributed by atoms with Gasteiger partial charge in [0.05, 0.1) is 24.2 Å². The summed E-state index contributed by atoms with van der Waals surface area (Å²) in [5.41, 5.74) is 1.59. The van der Waals surface area contributed by atoms with Gasteiger partial charge in [0.1, 0.15) is 5.75 Å². The summed E-state index contributed by atoms with van der Waals surface area (Å²) in [4.78, 5) is 26.9. The summed E-state index contributed by atoms with van der Waals surface area (Å²) in [5, 5.41) is 1.88. The molecule has 0 aliphatic carbocycles. The number of carbonyl (C=O) groups is 2. The van der Waals surface area contributed by atoms with E-state index in [1.807, 2.05) is 30.5 Å². The molecule has 1 aromatic heterocycles. The Labute approximate surface area is 132 Å². The summed E-state index contributed by atoms with van der Waals surface area (Å²) in [6.07, 6.45) is -0.816. The van der Waals surface area contributed by atoms with Crippen molar-refractivity contribution in [3.63, 3.8) is 0 Å². The number of hydrogen-bond acceptors (Lipinski definition) is 5. The lowest BCUT2D eigenvalue weighted by Gasteiger charge is -2.33. The van der Waals surface area contributed by atoms with E-state index in [0.717, 1.165) is 5.56 Å². The van der Waals surface area contributed by atoms with Gasteiger partial charge in [-0.2, -0.15) is 0 Å². The second-order valence-corrected chi connectivity index (χ2v) is 5.86. The number of rotatable bonds is 2. The molecule has 1 aromatic carbocycles. The number of thiophene rings is 1. The smallest absolute Gasteiger partial charge is 0.348 e. The Kier molecular flexibility index (Phi) is 3.85. The van der Waals surface area contributed by atoms with E-state index in [9.17, 15) is 9.59 Å². The van der Waals surface area contributed by atoms with Crippen LogP contribution in [-0.4, -0.2) is 31.6 Å². The van der Waals surface area contributed by atoms with Crippen LogP contribution in [0.4, 0.5) is 5.69 Å². The molecular weight excluding hydrogens is 302 g/mol. The van der Waals surface area contributed by atoms with Gasteiger partial charge in [-0.15, -0.1) is 11.3 Å². The molecule has 0 radical (unpaired) electrons. The first kappa shape index (κ1) is 14.6. The Morgan fingerprint density at radius 2 is 2.09 bits per heavy atom. The van der Waals surface area contributed by atoms with Crippen LogP contribution in [0.5, 0.6) is 5.75 Å². The van der Waals surface area contributed by atoms with E-state index in [-0.39, 0.29) is 12.5 Å². The van der Waals surface area contributed by atoms with Crippen LogP contribution in [0.15, 0.2) is 35.7 Å². The fourth-order valence-electron chi connectivity index (χ4n) is 2.40. The fourth-order valence-corrected chi connectivity index (χ4v) is 3.27. The highest BCUT2D eigenvalue weighted by Gasteiger charge is 2.35. The van der Waals surface area contributed by atoms with E-state index >= 15 is 0 Å². The standard InChI is InChI=1S/C16H15NO4S/c1-10-7-8-22-14(10)15(18)17-9-13(16(19)20-2)21-12-6-4-3-5-11(12)17/h3-8,13H,9H2,1-2H3/t13-/m0/s1. The van der Waals surface area contributed by atoms with Crippen molar-refractivity contribution in [2.75, 3.05) is 18.6 Å². The number of ether oxygens (including phenoxy) is 2. The number of carbonyl (C=O) groups excluding carboxylic acids is 2. The Bertz CT molecular complexity index is 724. The minimum atomic E-state index is -0.816. The highest BCUT2D eigenvalue weighted by atomic mass is 32.1. The van der Waals surface area contributed by atoms with Gasteiger partial charge in [0.15, 0.2) is 0 Å². The molecule has 1 atom stereocenters. The number of benzene rings is 1. The van der Waals surface area contributed by atoms with Crippen molar-refractivity contribution in [3.05, 3.63) is 46.2 Å². The molecule has 3 rings (SSSR count). The SMILES string of the molecule is COC(=O)[C@@H]1CN(C(=O)c2sccc2C)c2ccccc2O1. The Morgan fingerprint density at radius 3 is 2.77 bits per heavy atom. The lowest BCUT2D eigenvalue weighted by molar-refractivity contribution is -0.148. The van der Waals surface area contributed by atoms with Gasteiger partial charge >= 0.3 is 5.97 Å². The van der Waals surface area contributed by atoms with Gasteiger partial charge in [0.2, 0.25) is 6.10 Å². The van der Waals surface area contributed by atoms with Crippen LogP contribution in [0.25, 0.3) is 0 Å². The average molecular weight is 317 g/mol. The molecule has 0 saturated carbocycles. The van der Waals surface area contributed by atoms with Crippen LogP contribution >= 0.6 is 11.3 Å². The van der Waals surface area contributed by atoms with E-state index in [1.165, 1.54) is 18.4 Å². The summed E-state index contributed by atoms with van der Waals surface area (Å²) < 4.78 is 10.4. The van der Waals surface area contributed by atoms with E-state index in [0.29, 0.717) is 16.3 Å². The molecule has 0 N–H and O–H groups in total. The summed E-state index contributed by atoms with van der Waals surface area (Å²) in [7, 11) is 1.31. The number of esters is 1. The number of methoxy groups -OCH3 is 1. The van der Waals surface area contributed by atoms with Crippen molar-refractivity contribution in [1.82, 2.24) is 0 Å². The van der Waals surface area contributed by atoms with Crippen molar-refractivity contribution < 1.29 is 19.1 Å². The highest BCUT2D eigenvalue weighted by Crippen LogP contribution is 2.35. The molecule has 1 aliphatic heterocycles. The zero-order valence-corrected chi connectivity index (χ0v) is 13.1. The van der Waals surface area contributed by atoms with Gasteiger partial charge in [0.25, 0.3) is 5.91 Å². The summed E-state index contributed by atoms with van der Waals surface area (Å²) in [5.74, 6) is -0.112. The monoisotopic (exact) mass is 317 g/mol. The molecule has 22 heavy (non-hydrogen) atoms. The third-order valence-electron chi connectivity index (χ3n) is 3.54. The maximum Gasteiger partial charge on any atom is 0.348 e. The number of aryl methyl sites for hydroxylation is 1. The fraction of sp³-hybridized carbons (Fsp3) is 0.250. The molecule has 6 heteroatoms. The molecule has 2 heterocycles. The lowest BCUT2D eigenvalue weighted by atomic mass is 10.1. The number of amides is 1. The minimum absolute atomic E-state index is 0.128. The summed E-state index contributed by atoms with van der Waals surface area (Å²) in [6.45, 7) is 2.04. The molecule has 1 aliphatic rings. The number of para-hydroxylation sites is 2. The molecular formula is C16H15NO4S. The Hall–Kier alpha value is -2.34. The third kappa shape index (κ3) is 2.46. The van der Waals surface area contributed by atoms with Crippen molar-refractivity contribution in [3.8, 4) is 5.75 Å². The van der Waals surface area contributed by atoms with Crippen LogP contribution in [-0.2, 0) is 9.53 Å². The lowest BCUT2D eigenvalue weighted by Crippen LogP contribution is -2.47. The average Bonchev–Trinajstić information content (AvgIpc) is 2.98. The van der Waals surface area contributed by atoms with Gasteiger partial charge in [-0.05, 0) is 36.1 Å². The third-order valence-corrected chi connectivity index (χ3v) is 4.54. The first-order chi connectivity index (χ1) is 10.6. The molecule has 0 fully saturated rings. The maximum absolute atomic E-state index is 12.8. The van der Waals surface area contributed by atoms with Gasteiger partial charge < -0.3 is 9.47 Å². The molecule has 114 valence electrons. The molecule has 0 spiro atoms. The van der Waals surface area contributed by atoms with E-state index < -0.39 is 12.1 Å². The van der Waals surface area contributed by atoms with Gasteiger partial charge in [0, 0.05) is 0 Å². The second kappa shape index (κ2) is 5.81. The maximum atomic E-state index is 12.8. The highest BCUT2D eigenvalue weighted by molar-refractivity contribution is 7.12. The van der Waals surface area contributed by atoms with Crippen molar-refractivity contribution in [2.45, 2.75) is 13.0 Å². The zero-order valence-electron chi connectivity index (χ0n) is 12.2. The molecule has 0 saturated heterocycles. The summed E-state index contributed by atoms with van der Waals surface area (Å²) in [6, 6.07) is 9.09. The van der Waals surface area contributed by atoms with Crippen LogP contribution in [0.3, 0.4) is 0 Å². The number of fused-ring (bicyclic) bond motifs is 1. The van der Waals surface area contributed by atoms with Gasteiger partial charge in [-0.1, -0.05) is 12.1 Å². The van der Waals surface area contributed by atoms with Gasteiger partial charge in [-0.25, -0.2) is 4.79 Å². The summed E-state index contributed by atoms with van der Waals surface area (Å²) >= 11 is 1.39. The quantitative estimate of drug-likeness (QED) is 0.799. The van der Waals surface area contributed by atoms with Crippen molar-refractivity contribution in [1.29, 1.82) is 0 Å². The topological polar surface area (TPSA) is 55.8 Å². The van der Waals surface area contributed by atoms with Crippen LogP contribution in [0.1, 0.15) is 15.2 Å². The van der Waals surface area contributed by atoms with Crippen molar-refractivity contribution >= 4 is 28.9 Å². The number of anilines is 1. The first-order valence-corrected chi connectivity index (χ1v) is 7.69. The Balaban J connectivity index is 2.00. The number of nitrogens with zero attached hydrogens (tertiary/aromatic N) is 1. The Morgan fingerprint density at radius 1 is 1.32 bits per heavy atom. The van der Waals surface area contributed by atoms with E-state index in [1.54, 1.807) is 17.0 Å². The zero-order chi connectivity index (χ0) is 15.7. The predicted molar refractivity (Wildman–Crippen MR) is 83.6 cm³/mol. The second-order valence-electron chi connectivity index (χ2n) is 4.95. The predicted octanol–water partition coefficient (Wildman–Crippen LogP) is 2.64. The minimum Gasteiger partial charge on any atom is -0.475 e. The first-order valence-electron chi connectivity index (χ1n) is 6.81.